The van der Waals surface area contributed by atoms with Crippen molar-refractivity contribution in [1.29, 1.82) is 0 Å². The maximum absolute atomic E-state index is 10.6. The molecule has 0 saturated carbocycles. The lowest BCUT2D eigenvalue weighted by atomic mass is 9.77. The molecule has 0 saturated heterocycles. The maximum atomic E-state index is 10.6. The Labute approximate surface area is 101 Å². The Bertz CT molecular complexity index is 187. The Balaban J connectivity index is 4.33. The zero-order chi connectivity index (χ0) is 12.4. The first-order chi connectivity index (χ1) is 7.60. The van der Waals surface area contributed by atoms with Gasteiger partial charge < -0.3 is 0 Å². The van der Waals surface area contributed by atoms with E-state index >= 15 is 0 Å². The second kappa shape index (κ2) is 9.09. The van der Waals surface area contributed by atoms with Gasteiger partial charge in [0.1, 0.15) is 6.61 Å². The molecule has 4 heteroatoms. The summed E-state index contributed by atoms with van der Waals surface area (Å²) in [5, 5.41) is 0. The Hall–Kier alpha value is 0.0200. The van der Waals surface area contributed by atoms with Crippen LogP contribution in [0.25, 0.3) is 0 Å². The van der Waals surface area contributed by atoms with Gasteiger partial charge in [-0.1, -0.05) is 46.5 Å². The average molecular weight is 249 g/mol. The molecular weight excluding hydrogens is 223 g/mol. The van der Waals surface area contributed by atoms with E-state index in [0.717, 1.165) is 19.3 Å². The SMILES string of the molecule is CCCCC(CC)(CCCC)CO[P+](=O)O. The van der Waals surface area contributed by atoms with E-state index in [1.165, 1.54) is 25.7 Å². The third kappa shape index (κ3) is 6.57. The molecule has 1 N–H and O–H groups in total. The van der Waals surface area contributed by atoms with Gasteiger partial charge in [0.15, 0.2) is 0 Å². The standard InChI is InChI=1S/C12H25O3P/c1-4-7-9-12(6-3,10-8-5-2)11-15-16(13)14/h4-11H2,1-3H3/p+1. The molecule has 0 rings (SSSR count). The Kier molecular flexibility index (Phi) is 9.10. The Morgan fingerprint density at radius 1 is 1.12 bits per heavy atom. The molecule has 0 aliphatic heterocycles. The molecule has 0 radical (unpaired) electrons. The molecule has 0 bridgehead atoms. The van der Waals surface area contributed by atoms with E-state index in [9.17, 15) is 4.57 Å². The predicted octanol–water partition coefficient (Wildman–Crippen LogP) is 4.43. The quantitative estimate of drug-likeness (QED) is 0.582. The minimum absolute atomic E-state index is 0.111. The highest BCUT2D eigenvalue weighted by molar-refractivity contribution is 7.32. The van der Waals surface area contributed by atoms with Crippen molar-refractivity contribution in [3.05, 3.63) is 0 Å². The lowest BCUT2D eigenvalue weighted by Gasteiger charge is -2.30. The van der Waals surface area contributed by atoms with Crippen molar-refractivity contribution in [3.8, 4) is 0 Å². The molecule has 0 aromatic rings. The molecule has 1 unspecified atom stereocenters. The molecule has 0 heterocycles. The lowest BCUT2D eigenvalue weighted by molar-refractivity contribution is 0.107. The summed E-state index contributed by atoms with van der Waals surface area (Å²) >= 11 is 0. The van der Waals surface area contributed by atoms with Gasteiger partial charge in [-0.3, -0.25) is 0 Å². The maximum Gasteiger partial charge on any atom is 0.694 e. The smallest absolute Gasteiger partial charge is 0.133 e. The average Bonchev–Trinajstić information content (AvgIpc) is 2.29. The highest BCUT2D eigenvalue weighted by Crippen LogP contribution is 2.37. The van der Waals surface area contributed by atoms with Crippen molar-refractivity contribution < 1.29 is 14.0 Å². The molecule has 0 spiro atoms. The van der Waals surface area contributed by atoms with Crippen LogP contribution < -0.4 is 0 Å². The van der Waals surface area contributed by atoms with Gasteiger partial charge >= 0.3 is 8.25 Å². The second-order valence-corrected chi connectivity index (χ2v) is 5.31. The first-order valence-corrected chi connectivity index (χ1v) is 7.52. The topological polar surface area (TPSA) is 46.5 Å². The summed E-state index contributed by atoms with van der Waals surface area (Å²) < 4.78 is 15.6. The Morgan fingerprint density at radius 3 is 1.94 bits per heavy atom. The largest absolute Gasteiger partial charge is 0.694 e. The van der Waals surface area contributed by atoms with Gasteiger partial charge in [0.25, 0.3) is 0 Å². The molecule has 1 atom stereocenters. The third-order valence-corrected chi connectivity index (χ3v) is 3.70. The zero-order valence-electron chi connectivity index (χ0n) is 10.9. The van der Waals surface area contributed by atoms with Crippen LogP contribution in [0.1, 0.15) is 65.7 Å². The number of hydrogen-bond donors (Lipinski definition) is 1. The van der Waals surface area contributed by atoms with E-state index in [1.54, 1.807) is 0 Å². The minimum atomic E-state index is -2.45. The van der Waals surface area contributed by atoms with Crippen molar-refractivity contribution in [3.63, 3.8) is 0 Å². The normalized spacial score (nSPS) is 12.9. The first kappa shape index (κ1) is 16.0. The molecule has 0 amide bonds. The summed E-state index contributed by atoms with van der Waals surface area (Å²) in [7, 11) is -2.45. The van der Waals surface area contributed by atoms with Crippen LogP contribution >= 0.6 is 8.25 Å². The van der Waals surface area contributed by atoms with Crippen LogP contribution in [-0.2, 0) is 9.09 Å². The van der Waals surface area contributed by atoms with E-state index in [1.807, 2.05) is 0 Å². The minimum Gasteiger partial charge on any atom is -0.133 e. The van der Waals surface area contributed by atoms with Crippen LogP contribution in [0.5, 0.6) is 0 Å². The molecule has 0 aliphatic rings. The van der Waals surface area contributed by atoms with Crippen molar-refractivity contribution in [2.75, 3.05) is 6.61 Å². The summed E-state index contributed by atoms with van der Waals surface area (Å²) in [5.41, 5.74) is 0.111. The van der Waals surface area contributed by atoms with Gasteiger partial charge in [-0.15, -0.1) is 9.42 Å². The lowest BCUT2D eigenvalue weighted by Crippen LogP contribution is -2.25. The van der Waals surface area contributed by atoms with Gasteiger partial charge in [-0.2, -0.15) is 0 Å². The highest BCUT2D eigenvalue weighted by Gasteiger charge is 2.31. The van der Waals surface area contributed by atoms with Gasteiger partial charge in [0, 0.05) is 4.57 Å². The van der Waals surface area contributed by atoms with Crippen LogP contribution in [0.2, 0.25) is 0 Å². The summed E-state index contributed by atoms with van der Waals surface area (Å²) in [6.07, 6.45) is 7.90. The monoisotopic (exact) mass is 249 g/mol. The number of hydrogen-bond acceptors (Lipinski definition) is 2. The highest BCUT2D eigenvalue weighted by atomic mass is 31.1. The molecule has 96 valence electrons. The fraction of sp³-hybridized carbons (Fsp3) is 1.00. The number of unbranched alkanes of at least 4 members (excludes halogenated alkanes) is 2. The molecular formula is C12H26O3P+. The third-order valence-electron chi connectivity index (χ3n) is 3.35. The molecule has 16 heavy (non-hydrogen) atoms. The predicted molar refractivity (Wildman–Crippen MR) is 67.6 cm³/mol. The first-order valence-electron chi connectivity index (χ1n) is 6.39. The molecule has 3 nitrogen and oxygen atoms in total. The van der Waals surface area contributed by atoms with Crippen LogP contribution in [-0.4, -0.2) is 11.5 Å². The van der Waals surface area contributed by atoms with E-state index in [4.69, 9.17) is 9.42 Å². The van der Waals surface area contributed by atoms with E-state index in [-0.39, 0.29) is 5.41 Å². The van der Waals surface area contributed by atoms with E-state index in [2.05, 4.69) is 20.8 Å². The van der Waals surface area contributed by atoms with Crippen molar-refractivity contribution in [2.24, 2.45) is 5.41 Å². The van der Waals surface area contributed by atoms with Crippen LogP contribution in [0.3, 0.4) is 0 Å². The van der Waals surface area contributed by atoms with Crippen molar-refractivity contribution in [2.45, 2.75) is 65.7 Å². The molecule has 0 aromatic heterocycles. The summed E-state index contributed by atoms with van der Waals surface area (Å²) in [4.78, 5) is 8.75. The van der Waals surface area contributed by atoms with Gasteiger partial charge in [-0.05, 0) is 24.7 Å². The molecule has 0 fully saturated rings. The van der Waals surface area contributed by atoms with E-state index < -0.39 is 8.25 Å². The number of rotatable bonds is 10. The van der Waals surface area contributed by atoms with Crippen LogP contribution in [0, 0.1) is 5.41 Å². The summed E-state index contributed by atoms with van der Waals surface area (Å²) in [5.74, 6) is 0. The Morgan fingerprint density at radius 2 is 1.62 bits per heavy atom. The van der Waals surface area contributed by atoms with E-state index in [0.29, 0.717) is 6.61 Å². The fourth-order valence-corrected chi connectivity index (χ4v) is 2.40. The van der Waals surface area contributed by atoms with Crippen LogP contribution in [0.15, 0.2) is 0 Å². The van der Waals surface area contributed by atoms with Gasteiger partial charge in [0.2, 0.25) is 0 Å². The summed E-state index contributed by atoms with van der Waals surface area (Å²) in [6, 6.07) is 0. The van der Waals surface area contributed by atoms with Crippen molar-refractivity contribution >= 4 is 8.25 Å². The van der Waals surface area contributed by atoms with Gasteiger partial charge in [0.05, 0.1) is 0 Å². The second-order valence-electron chi connectivity index (χ2n) is 4.57. The van der Waals surface area contributed by atoms with Crippen molar-refractivity contribution in [1.82, 2.24) is 0 Å². The summed E-state index contributed by atoms with van der Waals surface area (Å²) in [6.45, 7) is 6.93. The molecule has 0 aliphatic carbocycles. The van der Waals surface area contributed by atoms with Crippen LogP contribution in [0.4, 0.5) is 0 Å². The zero-order valence-corrected chi connectivity index (χ0v) is 11.8. The fourth-order valence-electron chi connectivity index (χ4n) is 2.02. The molecule has 0 aromatic carbocycles. The van der Waals surface area contributed by atoms with Gasteiger partial charge in [-0.25, -0.2) is 0 Å².